The van der Waals surface area contributed by atoms with E-state index < -0.39 is 35.7 Å². The number of benzene rings is 1. The van der Waals surface area contributed by atoms with Crippen LogP contribution >= 0.6 is 0 Å². The number of ketones is 1. The van der Waals surface area contributed by atoms with Crippen molar-refractivity contribution in [2.75, 3.05) is 0 Å². The van der Waals surface area contributed by atoms with E-state index >= 15 is 0 Å². The normalized spacial score (nSPS) is 22.0. The number of urea groups is 1. The number of fused-ring (bicyclic) bond motifs is 1. The second-order valence-electron chi connectivity index (χ2n) is 5.65. The monoisotopic (exact) mass is 318 g/mol. The molecule has 3 rings (SSSR count). The fourth-order valence-corrected chi connectivity index (χ4v) is 2.64. The molecule has 1 atom stereocenters. The summed E-state index contributed by atoms with van der Waals surface area (Å²) >= 11 is 0. The summed E-state index contributed by atoms with van der Waals surface area (Å²) in [7, 11) is 0. The fourth-order valence-electron chi connectivity index (χ4n) is 2.64. The first-order chi connectivity index (χ1) is 10.8. The second kappa shape index (κ2) is 5.17. The largest absolute Gasteiger partial charge is 0.490 e. The summed E-state index contributed by atoms with van der Waals surface area (Å²) in [5.74, 6) is -2.32. The molecular formula is C15H14N2O6. The van der Waals surface area contributed by atoms with Crippen LogP contribution < -0.4 is 15.4 Å². The van der Waals surface area contributed by atoms with Gasteiger partial charge < -0.3 is 9.84 Å². The average molecular weight is 318 g/mol. The lowest BCUT2D eigenvalue weighted by molar-refractivity contribution is -0.154. The van der Waals surface area contributed by atoms with Crippen LogP contribution in [0.3, 0.4) is 0 Å². The summed E-state index contributed by atoms with van der Waals surface area (Å²) < 4.78 is 5.53. The maximum absolute atomic E-state index is 12.3. The standard InChI is InChI=1S/C15H14N2O6/c1-7-4-9-5-8(2-3-11(9)23-7)10(18)6-15(22)12(19)16-14(21)17-13(15)20/h2-3,5,7,22H,4,6H2,1H3,(H2,16,17,19,20,21)/t7-/m1/s1. The summed E-state index contributed by atoms with van der Waals surface area (Å²) in [5.41, 5.74) is -1.50. The van der Waals surface area contributed by atoms with Gasteiger partial charge in [0, 0.05) is 12.0 Å². The van der Waals surface area contributed by atoms with Crippen molar-refractivity contribution in [3.8, 4) is 5.75 Å². The first kappa shape index (κ1) is 15.2. The van der Waals surface area contributed by atoms with E-state index in [-0.39, 0.29) is 11.7 Å². The van der Waals surface area contributed by atoms with Crippen molar-refractivity contribution in [3.05, 3.63) is 29.3 Å². The molecule has 0 radical (unpaired) electrons. The second-order valence-corrected chi connectivity index (χ2v) is 5.65. The van der Waals surface area contributed by atoms with Crippen molar-refractivity contribution in [2.24, 2.45) is 0 Å². The van der Waals surface area contributed by atoms with Gasteiger partial charge in [-0.2, -0.15) is 0 Å². The first-order valence-electron chi connectivity index (χ1n) is 7.01. The zero-order valence-corrected chi connectivity index (χ0v) is 12.2. The van der Waals surface area contributed by atoms with Crippen LogP contribution in [-0.2, 0) is 16.0 Å². The van der Waals surface area contributed by atoms with Crippen LogP contribution in [0.5, 0.6) is 5.75 Å². The van der Waals surface area contributed by atoms with Crippen molar-refractivity contribution in [1.29, 1.82) is 0 Å². The molecule has 0 unspecified atom stereocenters. The van der Waals surface area contributed by atoms with E-state index in [0.717, 1.165) is 5.56 Å². The lowest BCUT2D eigenvalue weighted by Crippen LogP contribution is -2.67. The van der Waals surface area contributed by atoms with E-state index in [9.17, 15) is 24.3 Å². The molecule has 0 spiro atoms. The highest BCUT2D eigenvalue weighted by Crippen LogP contribution is 2.30. The number of carbonyl (C=O) groups excluding carboxylic acids is 4. The Morgan fingerprint density at radius 2 is 1.96 bits per heavy atom. The summed E-state index contributed by atoms with van der Waals surface area (Å²) in [4.78, 5) is 46.8. The highest BCUT2D eigenvalue weighted by Gasteiger charge is 2.50. The molecule has 1 aromatic rings. The van der Waals surface area contributed by atoms with Crippen LogP contribution in [0.25, 0.3) is 0 Å². The third-order valence-corrected chi connectivity index (χ3v) is 3.84. The van der Waals surface area contributed by atoms with Crippen LogP contribution in [0, 0.1) is 0 Å². The van der Waals surface area contributed by atoms with Gasteiger partial charge >= 0.3 is 6.03 Å². The van der Waals surface area contributed by atoms with Crippen molar-refractivity contribution >= 4 is 23.6 Å². The Morgan fingerprint density at radius 3 is 2.61 bits per heavy atom. The number of carbonyl (C=O) groups is 4. The highest BCUT2D eigenvalue weighted by molar-refractivity contribution is 6.23. The molecule has 23 heavy (non-hydrogen) atoms. The summed E-state index contributed by atoms with van der Waals surface area (Å²) in [6.07, 6.45) is -0.0935. The SMILES string of the molecule is C[C@@H]1Cc2cc(C(=O)CC3(O)C(=O)NC(=O)NC3=O)ccc2O1. The minimum Gasteiger partial charge on any atom is -0.490 e. The van der Waals surface area contributed by atoms with Crippen molar-refractivity contribution in [1.82, 2.24) is 10.6 Å². The summed E-state index contributed by atoms with van der Waals surface area (Å²) in [6, 6.07) is 3.74. The van der Waals surface area contributed by atoms with Gasteiger partial charge in [-0.15, -0.1) is 0 Å². The molecule has 2 aliphatic heterocycles. The van der Waals surface area contributed by atoms with Crippen LogP contribution in [0.15, 0.2) is 18.2 Å². The molecule has 0 saturated carbocycles. The van der Waals surface area contributed by atoms with Crippen molar-refractivity contribution < 1.29 is 29.0 Å². The minimum absolute atomic E-state index is 0.0143. The van der Waals surface area contributed by atoms with Gasteiger partial charge in [-0.25, -0.2) is 4.79 Å². The Morgan fingerprint density at radius 1 is 1.30 bits per heavy atom. The predicted octanol–water partition coefficient (Wildman–Crippen LogP) is -0.320. The minimum atomic E-state index is -2.60. The Hall–Kier alpha value is -2.74. The molecule has 1 fully saturated rings. The third kappa shape index (κ3) is 2.57. The Bertz CT molecular complexity index is 721. The number of hydrogen-bond acceptors (Lipinski definition) is 6. The molecule has 0 bridgehead atoms. The number of hydrogen-bond donors (Lipinski definition) is 3. The molecule has 120 valence electrons. The number of amides is 4. The Balaban J connectivity index is 1.82. The zero-order valence-electron chi connectivity index (χ0n) is 12.2. The number of ether oxygens (including phenoxy) is 1. The third-order valence-electron chi connectivity index (χ3n) is 3.84. The number of aliphatic hydroxyl groups is 1. The Kier molecular flexibility index (Phi) is 3.41. The molecule has 0 aliphatic carbocycles. The van der Waals surface area contributed by atoms with Gasteiger partial charge in [-0.1, -0.05) is 0 Å². The van der Waals surface area contributed by atoms with Gasteiger partial charge in [0.1, 0.15) is 11.9 Å². The average Bonchev–Trinajstić information content (AvgIpc) is 2.84. The van der Waals surface area contributed by atoms with Crippen molar-refractivity contribution in [2.45, 2.75) is 31.5 Å². The van der Waals surface area contributed by atoms with E-state index in [4.69, 9.17) is 4.74 Å². The number of nitrogens with one attached hydrogen (secondary N) is 2. The van der Waals surface area contributed by atoms with Gasteiger partial charge in [-0.05, 0) is 30.7 Å². The van der Waals surface area contributed by atoms with E-state index in [2.05, 4.69) is 0 Å². The maximum Gasteiger partial charge on any atom is 0.328 e. The van der Waals surface area contributed by atoms with Crippen LogP contribution in [-0.4, -0.2) is 40.4 Å². The quantitative estimate of drug-likeness (QED) is 0.519. The van der Waals surface area contributed by atoms with E-state index in [1.807, 2.05) is 6.92 Å². The molecule has 1 saturated heterocycles. The lowest BCUT2D eigenvalue weighted by Gasteiger charge is -2.28. The highest BCUT2D eigenvalue weighted by atomic mass is 16.5. The van der Waals surface area contributed by atoms with Gasteiger partial charge in [0.05, 0.1) is 6.42 Å². The van der Waals surface area contributed by atoms with Crippen LogP contribution in [0.1, 0.15) is 29.3 Å². The van der Waals surface area contributed by atoms with Crippen LogP contribution in [0.4, 0.5) is 4.79 Å². The molecular weight excluding hydrogens is 304 g/mol. The zero-order chi connectivity index (χ0) is 16.8. The van der Waals surface area contributed by atoms with Crippen molar-refractivity contribution in [3.63, 3.8) is 0 Å². The topological polar surface area (TPSA) is 122 Å². The number of rotatable bonds is 3. The van der Waals surface area contributed by atoms with Gasteiger partial charge in [0.2, 0.25) is 5.60 Å². The smallest absolute Gasteiger partial charge is 0.328 e. The first-order valence-corrected chi connectivity index (χ1v) is 7.01. The molecule has 4 amide bonds. The molecule has 2 heterocycles. The molecule has 1 aromatic carbocycles. The predicted molar refractivity (Wildman–Crippen MR) is 75.8 cm³/mol. The molecule has 3 N–H and O–H groups in total. The number of barbiturate groups is 1. The number of Topliss-reactive ketones (excluding diaryl/α,β-unsaturated/α-hetero) is 1. The van der Waals surface area contributed by atoms with E-state index in [0.29, 0.717) is 12.2 Å². The van der Waals surface area contributed by atoms with E-state index in [1.165, 1.54) is 6.07 Å². The fraction of sp³-hybridized carbons (Fsp3) is 0.333. The summed E-state index contributed by atoms with van der Waals surface area (Å²) in [5, 5.41) is 13.7. The van der Waals surface area contributed by atoms with Crippen LogP contribution in [0.2, 0.25) is 0 Å². The molecule has 0 aromatic heterocycles. The van der Waals surface area contributed by atoms with Gasteiger partial charge in [0.25, 0.3) is 11.8 Å². The van der Waals surface area contributed by atoms with E-state index in [1.54, 1.807) is 22.8 Å². The maximum atomic E-state index is 12.3. The Labute approximate surface area is 130 Å². The van der Waals surface area contributed by atoms with Gasteiger partial charge in [0.15, 0.2) is 5.78 Å². The van der Waals surface area contributed by atoms with Gasteiger partial charge in [-0.3, -0.25) is 25.0 Å². The molecule has 8 nitrogen and oxygen atoms in total. The molecule has 8 heteroatoms. The molecule has 2 aliphatic rings. The lowest BCUT2D eigenvalue weighted by atomic mass is 9.90. The summed E-state index contributed by atoms with van der Waals surface area (Å²) in [6.45, 7) is 1.90. The number of imide groups is 2.